The first-order valence-corrected chi connectivity index (χ1v) is 6.54. The predicted molar refractivity (Wildman–Crippen MR) is 83.0 cm³/mol. The molecule has 2 rings (SSSR count). The maximum atomic E-state index is 6.08. The molecule has 0 spiro atoms. The first-order chi connectivity index (χ1) is 9.63. The Morgan fingerprint density at radius 2 is 1.85 bits per heavy atom. The summed E-state index contributed by atoms with van der Waals surface area (Å²) in [7, 11) is 3.24. The SMILES string of the molecule is COc1ccc(C=Nc2ccc(C)c(Cl)c2)c(OC)c1. The minimum Gasteiger partial charge on any atom is -0.497 e. The van der Waals surface area contributed by atoms with E-state index >= 15 is 0 Å². The summed E-state index contributed by atoms with van der Waals surface area (Å²) in [5.74, 6) is 1.46. The van der Waals surface area contributed by atoms with E-state index in [2.05, 4.69) is 4.99 Å². The van der Waals surface area contributed by atoms with Crippen molar-refractivity contribution in [2.45, 2.75) is 6.92 Å². The van der Waals surface area contributed by atoms with Crippen LogP contribution in [-0.2, 0) is 0 Å². The zero-order valence-corrected chi connectivity index (χ0v) is 12.4. The summed E-state index contributed by atoms with van der Waals surface area (Å²) in [6.07, 6.45) is 1.75. The lowest BCUT2D eigenvalue weighted by Crippen LogP contribution is -1.92. The zero-order valence-electron chi connectivity index (χ0n) is 11.7. The Kier molecular flexibility index (Phi) is 4.64. The van der Waals surface area contributed by atoms with Gasteiger partial charge in [0, 0.05) is 22.9 Å². The topological polar surface area (TPSA) is 30.8 Å². The largest absolute Gasteiger partial charge is 0.497 e. The van der Waals surface area contributed by atoms with E-state index < -0.39 is 0 Å². The van der Waals surface area contributed by atoms with Crippen LogP contribution in [0.2, 0.25) is 5.02 Å². The Morgan fingerprint density at radius 3 is 2.50 bits per heavy atom. The average Bonchev–Trinajstić information content (AvgIpc) is 2.48. The highest BCUT2D eigenvalue weighted by molar-refractivity contribution is 6.31. The molecule has 3 nitrogen and oxygen atoms in total. The molecule has 0 aliphatic heterocycles. The van der Waals surface area contributed by atoms with Crippen molar-refractivity contribution in [2.24, 2.45) is 4.99 Å². The van der Waals surface area contributed by atoms with Crippen LogP contribution in [-0.4, -0.2) is 20.4 Å². The second-order valence-corrected chi connectivity index (χ2v) is 4.71. The van der Waals surface area contributed by atoms with Crippen LogP contribution < -0.4 is 9.47 Å². The molecule has 0 saturated carbocycles. The first kappa shape index (κ1) is 14.4. The van der Waals surface area contributed by atoms with Gasteiger partial charge in [-0.15, -0.1) is 0 Å². The number of methoxy groups -OCH3 is 2. The number of rotatable bonds is 4. The standard InChI is InChI=1S/C16H16ClNO2/c1-11-4-6-13(8-15(11)17)18-10-12-5-7-14(19-2)9-16(12)20-3/h4-10H,1-3H3. The highest BCUT2D eigenvalue weighted by atomic mass is 35.5. The van der Waals surface area contributed by atoms with Crippen molar-refractivity contribution < 1.29 is 9.47 Å². The van der Waals surface area contributed by atoms with Gasteiger partial charge in [0.1, 0.15) is 11.5 Å². The van der Waals surface area contributed by atoms with Crippen molar-refractivity contribution in [3.05, 3.63) is 52.5 Å². The van der Waals surface area contributed by atoms with E-state index in [1.54, 1.807) is 20.4 Å². The lowest BCUT2D eigenvalue weighted by molar-refractivity contribution is 0.394. The van der Waals surface area contributed by atoms with Gasteiger partial charge in [0.25, 0.3) is 0 Å². The Balaban J connectivity index is 2.28. The second kappa shape index (κ2) is 6.44. The fraction of sp³-hybridized carbons (Fsp3) is 0.188. The van der Waals surface area contributed by atoms with Gasteiger partial charge in [0.05, 0.1) is 19.9 Å². The van der Waals surface area contributed by atoms with Crippen molar-refractivity contribution >= 4 is 23.5 Å². The predicted octanol–water partition coefficient (Wildman–Crippen LogP) is 4.42. The molecular weight excluding hydrogens is 274 g/mol. The van der Waals surface area contributed by atoms with Gasteiger partial charge < -0.3 is 9.47 Å². The molecule has 0 aliphatic carbocycles. The molecule has 0 aliphatic rings. The summed E-state index contributed by atoms with van der Waals surface area (Å²) in [5.41, 5.74) is 2.72. The third-order valence-corrected chi connectivity index (χ3v) is 3.36. The zero-order chi connectivity index (χ0) is 14.5. The molecule has 0 fully saturated rings. The van der Waals surface area contributed by atoms with Crippen LogP contribution in [0, 0.1) is 6.92 Å². The van der Waals surface area contributed by atoms with E-state index in [1.165, 1.54) is 0 Å². The summed E-state index contributed by atoms with van der Waals surface area (Å²) in [6, 6.07) is 11.3. The van der Waals surface area contributed by atoms with Crippen molar-refractivity contribution in [1.29, 1.82) is 0 Å². The minimum atomic E-state index is 0.710. The second-order valence-electron chi connectivity index (χ2n) is 4.30. The number of hydrogen-bond donors (Lipinski definition) is 0. The quantitative estimate of drug-likeness (QED) is 0.780. The van der Waals surface area contributed by atoms with E-state index in [1.807, 2.05) is 43.3 Å². The molecule has 20 heavy (non-hydrogen) atoms. The van der Waals surface area contributed by atoms with Crippen LogP contribution in [0.4, 0.5) is 5.69 Å². The van der Waals surface area contributed by atoms with Crippen molar-refractivity contribution in [1.82, 2.24) is 0 Å². The van der Waals surface area contributed by atoms with Crippen LogP contribution in [0.25, 0.3) is 0 Å². The van der Waals surface area contributed by atoms with Gasteiger partial charge in [0.2, 0.25) is 0 Å². The lowest BCUT2D eigenvalue weighted by Gasteiger charge is -2.07. The number of aryl methyl sites for hydroxylation is 1. The van der Waals surface area contributed by atoms with Crippen molar-refractivity contribution in [3.8, 4) is 11.5 Å². The Morgan fingerprint density at radius 1 is 1.05 bits per heavy atom. The van der Waals surface area contributed by atoms with Gasteiger partial charge in [-0.2, -0.15) is 0 Å². The number of halogens is 1. The first-order valence-electron chi connectivity index (χ1n) is 6.16. The molecular formula is C16H16ClNO2. The van der Waals surface area contributed by atoms with Gasteiger partial charge in [-0.1, -0.05) is 17.7 Å². The number of aliphatic imine (C=N–C) groups is 1. The maximum absolute atomic E-state index is 6.08. The number of ether oxygens (including phenoxy) is 2. The van der Waals surface area contributed by atoms with E-state index in [-0.39, 0.29) is 0 Å². The summed E-state index contributed by atoms with van der Waals surface area (Å²) in [5, 5.41) is 0.710. The fourth-order valence-corrected chi connectivity index (χ4v) is 1.91. The molecule has 104 valence electrons. The van der Waals surface area contributed by atoms with Gasteiger partial charge in [-0.05, 0) is 36.8 Å². The van der Waals surface area contributed by atoms with Crippen LogP contribution in [0.3, 0.4) is 0 Å². The van der Waals surface area contributed by atoms with Gasteiger partial charge in [0.15, 0.2) is 0 Å². The molecule has 0 heterocycles. The van der Waals surface area contributed by atoms with E-state index in [0.717, 1.165) is 22.6 Å². The molecule has 2 aromatic rings. The third-order valence-electron chi connectivity index (χ3n) is 2.95. The highest BCUT2D eigenvalue weighted by Gasteiger charge is 2.03. The van der Waals surface area contributed by atoms with E-state index in [0.29, 0.717) is 10.8 Å². The molecule has 0 amide bonds. The van der Waals surface area contributed by atoms with Gasteiger partial charge in [-0.3, -0.25) is 4.99 Å². The molecule has 2 aromatic carbocycles. The summed E-state index contributed by atoms with van der Waals surface area (Å²) >= 11 is 6.08. The van der Waals surface area contributed by atoms with Gasteiger partial charge >= 0.3 is 0 Å². The van der Waals surface area contributed by atoms with Crippen molar-refractivity contribution in [2.75, 3.05) is 14.2 Å². The van der Waals surface area contributed by atoms with Crippen molar-refractivity contribution in [3.63, 3.8) is 0 Å². The Hall–Kier alpha value is -2.00. The molecule has 0 N–H and O–H groups in total. The van der Waals surface area contributed by atoms with Crippen LogP contribution in [0.15, 0.2) is 41.4 Å². The molecule has 4 heteroatoms. The summed E-state index contributed by atoms with van der Waals surface area (Å²) in [4.78, 5) is 4.41. The van der Waals surface area contributed by atoms with Crippen LogP contribution in [0.5, 0.6) is 11.5 Å². The number of nitrogens with zero attached hydrogens (tertiary/aromatic N) is 1. The molecule has 0 unspecified atom stereocenters. The summed E-state index contributed by atoms with van der Waals surface area (Å²) in [6.45, 7) is 1.96. The molecule has 0 bridgehead atoms. The fourth-order valence-electron chi connectivity index (χ4n) is 1.73. The molecule has 0 atom stereocenters. The summed E-state index contributed by atoms with van der Waals surface area (Å²) < 4.78 is 10.5. The highest BCUT2D eigenvalue weighted by Crippen LogP contribution is 2.25. The minimum absolute atomic E-state index is 0.710. The molecule has 0 radical (unpaired) electrons. The molecule has 0 saturated heterocycles. The van der Waals surface area contributed by atoms with Gasteiger partial charge in [-0.25, -0.2) is 0 Å². The monoisotopic (exact) mass is 289 g/mol. The Labute approximate surface area is 123 Å². The maximum Gasteiger partial charge on any atom is 0.131 e. The normalized spacial score (nSPS) is 10.8. The van der Waals surface area contributed by atoms with E-state index in [4.69, 9.17) is 21.1 Å². The third kappa shape index (κ3) is 3.31. The van der Waals surface area contributed by atoms with Crippen LogP contribution >= 0.6 is 11.6 Å². The lowest BCUT2D eigenvalue weighted by atomic mass is 10.2. The molecule has 0 aromatic heterocycles. The number of benzene rings is 2. The van der Waals surface area contributed by atoms with Crippen LogP contribution in [0.1, 0.15) is 11.1 Å². The average molecular weight is 290 g/mol. The number of hydrogen-bond acceptors (Lipinski definition) is 3. The Bertz CT molecular complexity index is 638. The smallest absolute Gasteiger partial charge is 0.131 e. The van der Waals surface area contributed by atoms with E-state index in [9.17, 15) is 0 Å².